The van der Waals surface area contributed by atoms with Crippen molar-refractivity contribution in [3.8, 4) is 0 Å². The number of nitrogens with zero attached hydrogens (tertiary/aromatic N) is 1. The SMILES string of the molecule is O=C(O)c1cc(C(F)F)nc(CBr)c1Br. The van der Waals surface area contributed by atoms with Gasteiger partial charge in [0.2, 0.25) is 0 Å². The van der Waals surface area contributed by atoms with E-state index >= 15 is 0 Å². The lowest BCUT2D eigenvalue weighted by molar-refractivity contribution is 0.0695. The topological polar surface area (TPSA) is 50.2 Å². The van der Waals surface area contributed by atoms with E-state index in [4.69, 9.17) is 5.11 Å². The first kappa shape index (κ1) is 12.5. The third-order valence-corrected chi connectivity index (χ3v) is 3.04. The van der Waals surface area contributed by atoms with E-state index in [1.807, 2.05) is 0 Å². The van der Waals surface area contributed by atoms with Gasteiger partial charge < -0.3 is 5.11 Å². The van der Waals surface area contributed by atoms with Gasteiger partial charge in [0.25, 0.3) is 6.43 Å². The first-order valence-electron chi connectivity index (χ1n) is 3.74. The minimum absolute atomic E-state index is 0.203. The minimum Gasteiger partial charge on any atom is -0.478 e. The second-order valence-electron chi connectivity index (χ2n) is 2.59. The molecule has 0 bridgehead atoms. The lowest BCUT2D eigenvalue weighted by atomic mass is 10.2. The molecule has 0 aromatic carbocycles. The molecule has 0 amide bonds. The summed E-state index contributed by atoms with van der Waals surface area (Å²) in [7, 11) is 0. The number of halogens is 4. The van der Waals surface area contributed by atoms with Gasteiger partial charge in [0, 0.05) is 5.33 Å². The quantitative estimate of drug-likeness (QED) is 0.855. The largest absolute Gasteiger partial charge is 0.478 e. The van der Waals surface area contributed by atoms with Crippen molar-refractivity contribution in [2.24, 2.45) is 0 Å². The molecular formula is C8H5Br2F2NO2. The van der Waals surface area contributed by atoms with Crippen molar-refractivity contribution in [2.45, 2.75) is 11.8 Å². The highest BCUT2D eigenvalue weighted by molar-refractivity contribution is 9.10. The van der Waals surface area contributed by atoms with Crippen LogP contribution in [0.1, 0.15) is 28.2 Å². The summed E-state index contributed by atoms with van der Waals surface area (Å²) in [4.78, 5) is 14.4. The molecule has 0 aliphatic rings. The number of hydrogen-bond acceptors (Lipinski definition) is 2. The van der Waals surface area contributed by atoms with Crippen LogP contribution in [0.5, 0.6) is 0 Å². The highest BCUT2D eigenvalue weighted by atomic mass is 79.9. The highest BCUT2D eigenvalue weighted by Crippen LogP contribution is 2.27. The zero-order chi connectivity index (χ0) is 11.6. The molecule has 7 heteroatoms. The molecule has 3 nitrogen and oxygen atoms in total. The fourth-order valence-corrected chi connectivity index (χ4v) is 2.25. The molecule has 1 aromatic heterocycles. The molecule has 0 atom stereocenters. The number of rotatable bonds is 3. The van der Waals surface area contributed by atoms with Crippen molar-refractivity contribution in [1.82, 2.24) is 4.98 Å². The maximum absolute atomic E-state index is 12.4. The Kier molecular flexibility index (Phi) is 4.15. The Morgan fingerprint density at radius 2 is 2.20 bits per heavy atom. The number of carbonyl (C=O) groups is 1. The van der Waals surface area contributed by atoms with E-state index in [-0.39, 0.29) is 21.1 Å². The number of carboxylic acid groups (broad SMARTS) is 1. The molecular weight excluding hydrogens is 340 g/mol. The zero-order valence-electron chi connectivity index (χ0n) is 7.18. The van der Waals surface area contributed by atoms with Crippen LogP contribution in [0.3, 0.4) is 0 Å². The van der Waals surface area contributed by atoms with E-state index in [1.54, 1.807) is 0 Å². The number of alkyl halides is 3. The van der Waals surface area contributed by atoms with E-state index in [1.165, 1.54) is 0 Å². The molecule has 0 aliphatic heterocycles. The van der Waals surface area contributed by atoms with Crippen LogP contribution < -0.4 is 0 Å². The molecule has 82 valence electrons. The Hall–Kier alpha value is -0.560. The number of carboxylic acids is 1. The maximum Gasteiger partial charge on any atom is 0.336 e. The van der Waals surface area contributed by atoms with Crippen LogP contribution in [-0.4, -0.2) is 16.1 Å². The van der Waals surface area contributed by atoms with Crippen molar-refractivity contribution < 1.29 is 18.7 Å². The van der Waals surface area contributed by atoms with Crippen LogP contribution >= 0.6 is 31.9 Å². The maximum atomic E-state index is 12.4. The molecule has 0 aliphatic carbocycles. The molecule has 0 radical (unpaired) electrons. The van der Waals surface area contributed by atoms with E-state index < -0.39 is 18.1 Å². The molecule has 1 aromatic rings. The van der Waals surface area contributed by atoms with Crippen molar-refractivity contribution in [1.29, 1.82) is 0 Å². The summed E-state index contributed by atoms with van der Waals surface area (Å²) in [6.07, 6.45) is -2.78. The van der Waals surface area contributed by atoms with Gasteiger partial charge in [0.1, 0.15) is 5.69 Å². The molecule has 0 fully saturated rings. The van der Waals surface area contributed by atoms with E-state index in [0.29, 0.717) is 0 Å². The van der Waals surface area contributed by atoms with Gasteiger partial charge in [-0.1, -0.05) is 15.9 Å². The van der Waals surface area contributed by atoms with Crippen LogP contribution in [0.25, 0.3) is 0 Å². The Balaban J connectivity index is 3.38. The predicted octanol–water partition coefficient (Wildman–Crippen LogP) is 3.37. The van der Waals surface area contributed by atoms with Crippen LogP contribution in [0, 0.1) is 0 Å². The third kappa shape index (κ3) is 2.72. The summed E-state index contributed by atoms with van der Waals surface area (Å²) in [6, 6.07) is 0.864. The van der Waals surface area contributed by atoms with Gasteiger partial charge in [0.15, 0.2) is 0 Å². The zero-order valence-corrected chi connectivity index (χ0v) is 10.3. The number of aromatic nitrogens is 1. The Morgan fingerprint density at radius 3 is 2.60 bits per heavy atom. The van der Waals surface area contributed by atoms with Gasteiger partial charge in [-0.2, -0.15) is 0 Å². The van der Waals surface area contributed by atoms with Gasteiger partial charge in [-0.3, -0.25) is 0 Å². The first-order chi connectivity index (χ1) is 6.97. The monoisotopic (exact) mass is 343 g/mol. The minimum atomic E-state index is -2.78. The second kappa shape index (κ2) is 4.98. The lowest BCUT2D eigenvalue weighted by Gasteiger charge is -2.07. The molecule has 15 heavy (non-hydrogen) atoms. The average Bonchev–Trinajstić information content (AvgIpc) is 2.17. The highest BCUT2D eigenvalue weighted by Gasteiger charge is 2.19. The van der Waals surface area contributed by atoms with Gasteiger partial charge in [-0.25, -0.2) is 18.6 Å². The number of aromatic carboxylic acids is 1. The Labute approximate surface area is 101 Å². The standard InChI is InChI=1S/C8H5Br2F2NO2/c9-2-5-6(10)3(8(14)15)1-4(13-5)7(11)12/h1,7H,2H2,(H,14,15). The first-order valence-corrected chi connectivity index (χ1v) is 5.65. The molecule has 0 saturated carbocycles. The summed E-state index contributed by atoms with van der Waals surface area (Å²) in [5.41, 5.74) is -0.509. The number of hydrogen-bond donors (Lipinski definition) is 1. The van der Waals surface area contributed by atoms with Crippen molar-refractivity contribution in [3.05, 3.63) is 27.5 Å². The fourth-order valence-electron chi connectivity index (χ4n) is 0.960. The summed E-state index contributed by atoms with van der Waals surface area (Å²) in [5.74, 6) is -1.27. The van der Waals surface area contributed by atoms with Crippen molar-refractivity contribution in [3.63, 3.8) is 0 Å². The van der Waals surface area contributed by atoms with Gasteiger partial charge in [-0.15, -0.1) is 0 Å². The van der Waals surface area contributed by atoms with E-state index in [9.17, 15) is 13.6 Å². The van der Waals surface area contributed by atoms with Gasteiger partial charge in [0.05, 0.1) is 15.7 Å². The van der Waals surface area contributed by atoms with E-state index in [0.717, 1.165) is 6.07 Å². The number of pyridine rings is 1. The summed E-state index contributed by atoms with van der Waals surface area (Å²) in [5, 5.41) is 8.98. The molecule has 0 unspecified atom stereocenters. The van der Waals surface area contributed by atoms with Gasteiger partial charge in [-0.05, 0) is 22.0 Å². The third-order valence-electron chi connectivity index (χ3n) is 1.63. The van der Waals surface area contributed by atoms with E-state index in [2.05, 4.69) is 36.8 Å². The fraction of sp³-hybridized carbons (Fsp3) is 0.250. The molecule has 1 rings (SSSR count). The van der Waals surface area contributed by atoms with Crippen LogP contribution in [0.2, 0.25) is 0 Å². The van der Waals surface area contributed by atoms with Crippen molar-refractivity contribution in [2.75, 3.05) is 0 Å². The molecule has 0 spiro atoms. The summed E-state index contributed by atoms with van der Waals surface area (Å²) in [6.45, 7) is 0. The lowest BCUT2D eigenvalue weighted by Crippen LogP contribution is -2.05. The smallest absolute Gasteiger partial charge is 0.336 e. The molecule has 1 N–H and O–H groups in total. The van der Waals surface area contributed by atoms with Gasteiger partial charge >= 0.3 is 5.97 Å². The Morgan fingerprint density at radius 1 is 1.60 bits per heavy atom. The summed E-state index contributed by atoms with van der Waals surface area (Å²) < 4.78 is 25.0. The summed E-state index contributed by atoms with van der Waals surface area (Å²) >= 11 is 6.05. The Bertz CT molecular complexity index is 398. The molecule has 0 saturated heterocycles. The van der Waals surface area contributed by atoms with Crippen LogP contribution in [0.4, 0.5) is 8.78 Å². The van der Waals surface area contributed by atoms with Crippen LogP contribution in [0.15, 0.2) is 10.5 Å². The predicted molar refractivity (Wildman–Crippen MR) is 56.5 cm³/mol. The van der Waals surface area contributed by atoms with Crippen molar-refractivity contribution >= 4 is 37.8 Å². The second-order valence-corrected chi connectivity index (χ2v) is 3.95. The molecule has 1 heterocycles. The normalized spacial score (nSPS) is 10.7. The average molecular weight is 345 g/mol. The van der Waals surface area contributed by atoms with Crippen LogP contribution in [-0.2, 0) is 5.33 Å².